The number of para-hydroxylation sites is 1. The van der Waals surface area contributed by atoms with Crippen molar-refractivity contribution in [2.24, 2.45) is 0 Å². The van der Waals surface area contributed by atoms with Crippen molar-refractivity contribution < 1.29 is 35.7 Å². The van der Waals surface area contributed by atoms with Crippen LogP contribution >= 0.6 is 15.9 Å². The van der Waals surface area contributed by atoms with E-state index in [0.717, 1.165) is 34.3 Å². The smallest absolute Gasteiger partial charge is 0.373 e. The van der Waals surface area contributed by atoms with Gasteiger partial charge in [0.15, 0.2) is 0 Å². The Morgan fingerprint density at radius 1 is 1.10 bits per heavy atom. The van der Waals surface area contributed by atoms with Crippen molar-refractivity contribution >= 4 is 37.8 Å². The average molecular weight is 504 g/mol. The van der Waals surface area contributed by atoms with Crippen molar-refractivity contribution in [1.29, 1.82) is 0 Å². The zero-order valence-corrected chi connectivity index (χ0v) is 19.4. The minimum Gasteiger partial charge on any atom is -1.00 e. The van der Waals surface area contributed by atoms with Gasteiger partial charge < -0.3 is 17.7 Å². The Morgan fingerprint density at radius 2 is 1.76 bits per heavy atom. The van der Waals surface area contributed by atoms with Gasteiger partial charge in [-0.2, -0.15) is 9.59 Å². The van der Waals surface area contributed by atoms with Crippen LogP contribution in [0.25, 0.3) is 0 Å². The minimum atomic E-state index is -3.58. The number of unbranched alkanes of at least 4 members (excludes halogenated alkanes) is 2. The van der Waals surface area contributed by atoms with E-state index >= 15 is 0 Å². The number of halogens is 2. The number of quaternary nitrogens is 1. The zero-order valence-electron chi connectivity index (χ0n) is 16.3. The zero-order chi connectivity index (χ0) is 20.7. The Bertz CT molecular complexity index is 963. The van der Waals surface area contributed by atoms with E-state index in [1.807, 2.05) is 36.4 Å². The van der Waals surface area contributed by atoms with Crippen molar-refractivity contribution in [1.82, 2.24) is 0 Å². The number of anilines is 1. The summed E-state index contributed by atoms with van der Waals surface area (Å²) in [5.74, 6) is 0. The molecule has 0 aliphatic carbocycles. The first kappa shape index (κ1) is 25.3. The van der Waals surface area contributed by atoms with Gasteiger partial charge in [0.2, 0.25) is 0 Å². The second-order valence-corrected chi connectivity index (χ2v) is 9.36. The second-order valence-electron chi connectivity index (χ2n) is 6.51. The number of hydrogen-bond donors (Lipinski definition) is 1. The highest BCUT2D eigenvalue weighted by molar-refractivity contribution is 9.10. The van der Waals surface area contributed by atoms with Gasteiger partial charge in [-0.25, -0.2) is 8.42 Å². The lowest BCUT2D eigenvalue weighted by molar-refractivity contribution is -0.687. The molecule has 0 bridgehead atoms. The first-order valence-electron chi connectivity index (χ1n) is 9.08. The molecule has 0 aromatic heterocycles. The van der Waals surface area contributed by atoms with Crippen molar-refractivity contribution in [3.05, 3.63) is 58.1 Å². The van der Waals surface area contributed by atoms with Crippen LogP contribution in [-0.2, 0) is 19.6 Å². The predicted molar refractivity (Wildman–Crippen MR) is 109 cm³/mol. The number of fused-ring (bicyclic) bond motifs is 2. The quantitative estimate of drug-likeness (QED) is 0.575. The summed E-state index contributed by atoms with van der Waals surface area (Å²) < 4.78 is 28.5. The molecule has 0 saturated heterocycles. The van der Waals surface area contributed by atoms with Gasteiger partial charge in [-0.15, -0.1) is 0 Å². The first-order chi connectivity index (χ1) is 13.4. The van der Waals surface area contributed by atoms with E-state index in [0.29, 0.717) is 4.90 Å². The van der Waals surface area contributed by atoms with Crippen LogP contribution in [0, 0.1) is 0 Å². The molecule has 1 unspecified atom stereocenters. The molecule has 0 spiro atoms. The van der Waals surface area contributed by atoms with E-state index in [2.05, 4.69) is 28.2 Å². The maximum absolute atomic E-state index is 13.2. The Kier molecular flexibility index (Phi) is 10.0. The first-order valence-corrected chi connectivity index (χ1v) is 11.3. The van der Waals surface area contributed by atoms with Crippen LogP contribution in [0.1, 0.15) is 43.4 Å². The lowest BCUT2D eigenvalue weighted by Crippen LogP contribution is -3.00. The Hall–Kier alpha value is -1.70. The summed E-state index contributed by atoms with van der Waals surface area (Å²) in [7, 11) is -1.94. The van der Waals surface area contributed by atoms with Crippen LogP contribution in [0.4, 0.5) is 5.69 Å². The Labute approximate surface area is 186 Å². The van der Waals surface area contributed by atoms with E-state index in [4.69, 9.17) is 9.59 Å². The fourth-order valence-corrected chi connectivity index (χ4v) is 5.40. The van der Waals surface area contributed by atoms with Gasteiger partial charge in [0.1, 0.15) is 6.04 Å². The lowest BCUT2D eigenvalue weighted by Gasteiger charge is -2.20. The van der Waals surface area contributed by atoms with E-state index in [1.54, 1.807) is 13.1 Å². The third-order valence-corrected chi connectivity index (χ3v) is 7.09. The highest BCUT2D eigenvalue weighted by Gasteiger charge is 2.36. The molecule has 2 aromatic rings. The summed E-state index contributed by atoms with van der Waals surface area (Å²) in [6.45, 7) is 3.17. The van der Waals surface area contributed by atoms with Crippen molar-refractivity contribution in [3.8, 4) is 0 Å². The molecule has 6 nitrogen and oxygen atoms in total. The van der Waals surface area contributed by atoms with Gasteiger partial charge in [-0.3, -0.25) is 4.31 Å². The van der Waals surface area contributed by atoms with E-state index in [1.165, 1.54) is 17.1 Å². The molecule has 2 aromatic carbocycles. The minimum absolute atomic E-state index is 0. The number of benzene rings is 2. The van der Waals surface area contributed by atoms with Crippen molar-refractivity contribution in [3.63, 3.8) is 0 Å². The molecule has 29 heavy (non-hydrogen) atoms. The number of carbonyl (C=O) groups excluding carboxylic acids is 2. The van der Waals surface area contributed by atoms with Gasteiger partial charge in [-0.05, 0) is 31.0 Å². The highest BCUT2D eigenvalue weighted by Crippen LogP contribution is 2.39. The molecular formula is C20H24BrClN2O4S. The summed E-state index contributed by atoms with van der Waals surface area (Å²) >= 11 is 3.42. The van der Waals surface area contributed by atoms with E-state index in [9.17, 15) is 8.42 Å². The maximum Gasteiger partial charge on any atom is 0.373 e. The summed E-state index contributed by atoms with van der Waals surface area (Å²) in [6.07, 6.45) is 3.75. The second kappa shape index (κ2) is 11.5. The average Bonchev–Trinajstić information content (AvgIpc) is 2.74. The third kappa shape index (κ3) is 5.68. The van der Waals surface area contributed by atoms with Gasteiger partial charge in [0.25, 0.3) is 10.0 Å². The van der Waals surface area contributed by atoms with Crippen LogP contribution in [0.2, 0.25) is 0 Å². The molecule has 9 heteroatoms. The van der Waals surface area contributed by atoms with Crippen LogP contribution in [0.5, 0.6) is 0 Å². The number of nitrogens with zero attached hydrogens (tertiary/aromatic N) is 1. The number of nitrogens with two attached hydrogens (primary N) is 1. The lowest BCUT2D eigenvalue weighted by atomic mass is 9.96. The standard InChI is InChI=1S/C19H23BrN2O2S.CO2.ClH/c1-3-4-7-12-21-19-15-8-5-6-9-17(15)22(2)25(23,24)18-13-14(20)10-11-16(18)19;2-1-3;/h5-6,8-11,13,19,21H,3-4,7,12H2,1-2H3;;1H. The molecule has 1 aliphatic heterocycles. The van der Waals surface area contributed by atoms with E-state index < -0.39 is 10.0 Å². The highest BCUT2D eigenvalue weighted by atomic mass is 79.9. The number of sulfonamides is 1. The largest absolute Gasteiger partial charge is 1.00 e. The number of hydrogen-bond acceptors (Lipinski definition) is 4. The van der Waals surface area contributed by atoms with Crippen molar-refractivity contribution in [2.45, 2.75) is 37.1 Å². The Balaban J connectivity index is 0.000000990. The van der Waals surface area contributed by atoms with Gasteiger partial charge in [-0.1, -0.05) is 53.5 Å². The molecule has 1 heterocycles. The number of rotatable bonds is 5. The van der Waals surface area contributed by atoms with E-state index in [-0.39, 0.29) is 24.6 Å². The molecule has 2 N–H and O–H groups in total. The molecule has 3 rings (SSSR count). The van der Waals surface area contributed by atoms with Gasteiger partial charge in [0.05, 0.1) is 17.1 Å². The molecule has 1 aliphatic rings. The fraction of sp³-hybridized carbons (Fsp3) is 0.350. The molecular weight excluding hydrogens is 480 g/mol. The van der Waals surface area contributed by atoms with Crippen LogP contribution in [-0.4, -0.2) is 28.2 Å². The van der Waals surface area contributed by atoms with Crippen molar-refractivity contribution in [2.75, 3.05) is 17.9 Å². The molecule has 0 saturated carbocycles. The van der Waals surface area contributed by atoms with Crippen LogP contribution in [0.15, 0.2) is 51.8 Å². The normalized spacial score (nSPS) is 16.1. The molecule has 0 amide bonds. The van der Waals surface area contributed by atoms with Gasteiger partial charge in [0, 0.05) is 22.6 Å². The van der Waals surface area contributed by atoms with Gasteiger partial charge >= 0.3 is 6.15 Å². The molecule has 0 fully saturated rings. The monoisotopic (exact) mass is 502 g/mol. The van der Waals surface area contributed by atoms with Crippen LogP contribution < -0.4 is 22.0 Å². The van der Waals surface area contributed by atoms with Crippen LogP contribution in [0.3, 0.4) is 0 Å². The molecule has 1 atom stereocenters. The fourth-order valence-electron chi connectivity index (χ4n) is 3.40. The summed E-state index contributed by atoms with van der Waals surface area (Å²) in [5, 5.41) is 2.27. The summed E-state index contributed by atoms with van der Waals surface area (Å²) in [4.78, 5) is 16.6. The molecule has 158 valence electrons. The topological polar surface area (TPSA) is 88.1 Å². The summed E-state index contributed by atoms with van der Waals surface area (Å²) in [5.41, 5.74) is 2.66. The predicted octanol–water partition coefficient (Wildman–Crippen LogP) is -0.149. The maximum atomic E-state index is 13.2. The summed E-state index contributed by atoms with van der Waals surface area (Å²) in [6, 6.07) is 13.4. The molecule has 0 radical (unpaired) electrons. The third-order valence-electron chi connectivity index (χ3n) is 4.77. The Morgan fingerprint density at radius 3 is 2.41 bits per heavy atom. The SMILES string of the molecule is CCCCC[NH2+]C1c2ccccc2N(C)S(=O)(=O)c2cc(Br)ccc21.O=C=O.[Cl-].